The van der Waals surface area contributed by atoms with E-state index in [0.717, 1.165) is 37.5 Å². The molecular formula is C14H20N4. The Hall–Kier alpha value is -1.55. The van der Waals surface area contributed by atoms with Crippen molar-refractivity contribution in [2.45, 2.75) is 19.8 Å². The van der Waals surface area contributed by atoms with E-state index in [1.807, 2.05) is 0 Å². The molecule has 1 aliphatic heterocycles. The van der Waals surface area contributed by atoms with Crippen LogP contribution in [-0.2, 0) is 0 Å². The maximum absolute atomic E-state index is 4.69. The molecule has 96 valence electrons. The van der Waals surface area contributed by atoms with Gasteiger partial charge in [0.25, 0.3) is 0 Å². The fourth-order valence-electron chi connectivity index (χ4n) is 2.39. The van der Waals surface area contributed by atoms with Crippen molar-refractivity contribution < 1.29 is 0 Å². The van der Waals surface area contributed by atoms with Crippen molar-refractivity contribution in [3.63, 3.8) is 0 Å². The van der Waals surface area contributed by atoms with Gasteiger partial charge in [0, 0.05) is 50.3 Å². The first kappa shape index (κ1) is 11.5. The van der Waals surface area contributed by atoms with Crippen molar-refractivity contribution >= 4 is 11.3 Å². The summed E-state index contributed by atoms with van der Waals surface area (Å²) in [7, 11) is 0. The van der Waals surface area contributed by atoms with E-state index in [0.29, 0.717) is 5.92 Å². The van der Waals surface area contributed by atoms with Crippen LogP contribution in [-0.4, -0.2) is 35.6 Å². The molecular weight excluding hydrogens is 224 g/mol. The lowest BCUT2D eigenvalue weighted by molar-refractivity contribution is 0.589. The third-order valence-electron chi connectivity index (χ3n) is 3.54. The molecule has 0 unspecified atom stereocenters. The molecule has 18 heavy (non-hydrogen) atoms. The first-order valence-corrected chi connectivity index (χ1v) is 6.68. The summed E-state index contributed by atoms with van der Waals surface area (Å²) >= 11 is 0. The first-order chi connectivity index (χ1) is 8.74. The fraction of sp³-hybridized carbons (Fsp3) is 0.500. The molecule has 0 spiro atoms. The van der Waals surface area contributed by atoms with Crippen LogP contribution in [0.1, 0.15) is 25.5 Å². The molecule has 0 aliphatic carbocycles. The highest BCUT2D eigenvalue weighted by Crippen LogP contribution is 2.20. The Morgan fingerprint density at radius 2 is 2.06 bits per heavy atom. The van der Waals surface area contributed by atoms with Gasteiger partial charge in [-0.25, -0.2) is 4.98 Å². The van der Waals surface area contributed by atoms with Gasteiger partial charge in [-0.1, -0.05) is 13.8 Å². The molecule has 4 nitrogen and oxygen atoms in total. The number of nitrogens with zero attached hydrogens (tertiary/aromatic N) is 3. The molecule has 2 aromatic rings. The lowest BCUT2D eigenvalue weighted by Gasteiger charge is -2.29. The molecule has 3 heterocycles. The molecule has 0 bridgehead atoms. The SMILES string of the molecule is CC(C)c1cn2ccc(N3CCNCC3)cc2n1. The zero-order chi connectivity index (χ0) is 12.5. The third kappa shape index (κ3) is 2.08. The molecule has 4 heteroatoms. The van der Waals surface area contributed by atoms with Crippen LogP contribution in [0.25, 0.3) is 5.65 Å². The maximum Gasteiger partial charge on any atom is 0.139 e. The minimum Gasteiger partial charge on any atom is -0.369 e. The molecule has 0 saturated carbocycles. The number of nitrogens with one attached hydrogen (secondary N) is 1. The average molecular weight is 244 g/mol. The minimum absolute atomic E-state index is 0.479. The number of imidazole rings is 1. The maximum atomic E-state index is 4.69. The summed E-state index contributed by atoms with van der Waals surface area (Å²) < 4.78 is 2.11. The van der Waals surface area contributed by atoms with Crippen LogP contribution in [0.3, 0.4) is 0 Å². The van der Waals surface area contributed by atoms with E-state index in [4.69, 9.17) is 0 Å². The number of rotatable bonds is 2. The van der Waals surface area contributed by atoms with Gasteiger partial charge in [0.05, 0.1) is 5.69 Å². The predicted octanol–water partition coefficient (Wildman–Crippen LogP) is 1.87. The smallest absolute Gasteiger partial charge is 0.139 e. The van der Waals surface area contributed by atoms with Crippen molar-refractivity contribution in [2.24, 2.45) is 0 Å². The highest BCUT2D eigenvalue weighted by atomic mass is 15.2. The first-order valence-electron chi connectivity index (χ1n) is 6.68. The van der Waals surface area contributed by atoms with E-state index in [9.17, 15) is 0 Å². The van der Waals surface area contributed by atoms with Crippen molar-refractivity contribution in [1.82, 2.24) is 14.7 Å². The Morgan fingerprint density at radius 3 is 2.78 bits per heavy atom. The highest BCUT2D eigenvalue weighted by Gasteiger charge is 2.12. The zero-order valence-electron chi connectivity index (χ0n) is 11.1. The summed E-state index contributed by atoms with van der Waals surface area (Å²) in [5, 5.41) is 3.38. The summed E-state index contributed by atoms with van der Waals surface area (Å²) in [5.41, 5.74) is 3.49. The van der Waals surface area contributed by atoms with E-state index < -0.39 is 0 Å². The van der Waals surface area contributed by atoms with E-state index in [1.165, 1.54) is 5.69 Å². The summed E-state index contributed by atoms with van der Waals surface area (Å²) in [6, 6.07) is 4.38. The second-order valence-corrected chi connectivity index (χ2v) is 5.21. The van der Waals surface area contributed by atoms with E-state index in [1.54, 1.807) is 0 Å². The van der Waals surface area contributed by atoms with Gasteiger partial charge >= 0.3 is 0 Å². The second kappa shape index (κ2) is 4.61. The summed E-state index contributed by atoms with van der Waals surface area (Å²) in [4.78, 5) is 7.11. The average Bonchev–Trinajstić information content (AvgIpc) is 2.82. The van der Waals surface area contributed by atoms with Crippen LogP contribution >= 0.6 is 0 Å². The van der Waals surface area contributed by atoms with Gasteiger partial charge in [-0.15, -0.1) is 0 Å². The number of anilines is 1. The molecule has 3 rings (SSSR count). The van der Waals surface area contributed by atoms with Crippen LogP contribution in [0.15, 0.2) is 24.5 Å². The van der Waals surface area contributed by atoms with Gasteiger partial charge in [0.15, 0.2) is 0 Å². The van der Waals surface area contributed by atoms with Gasteiger partial charge in [0.2, 0.25) is 0 Å². The van der Waals surface area contributed by atoms with Gasteiger partial charge in [-0.2, -0.15) is 0 Å². The van der Waals surface area contributed by atoms with E-state index >= 15 is 0 Å². The molecule has 1 aliphatic rings. The van der Waals surface area contributed by atoms with Crippen LogP contribution in [0.2, 0.25) is 0 Å². The number of pyridine rings is 1. The van der Waals surface area contributed by atoms with E-state index in [-0.39, 0.29) is 0 Å². The van der Waals surface area contributed by atoms with Crippen LogP contribution < -0.4 is 10.2 Å². The quantitative estimate of drug-likeness (QED) is 0.875. The molecule has 0 atom stereocenters. The monoisotopic (exact) mass is 244 g/mol. The van der Waals surface area contributed by atoms with Gasteiger partial charge < -0.3 is 14.6 Å². The summed E-state index contributed by atoms with van der Waals surface area (Å²) in [6.45, 7) is 8.65. The van der Waals surface area contributed by atoms with E-state index in [2.05, 4.69) is 58.0 Å². The Kier molecular flexibility index (Phi) is 2.96. The van der Waals surface area contributed by atoms with Crippen molar-refractivity contribution in [1.29, 1.82) is 0 Å². The largest absolute Gasteiger partial charge is 0.369 e. The Labute approximate surface area is 108 Å². The molecule has 1 N–H and O–H groups in total. The Morgan fingerprint density at radius 1 is 1.28 bits per heavy atom. The normalized spacial score (nSPS) is 16.7. The summed E-state index contributed by atoms with van der Waals surface area (Å²) in [6.07, 6.45) is 4.24. The van der Waals surface area contributed by atoms with Crippen molar-refractivity contribution in [3.8, 4) is 0 Å². The van der Waals surface area contributed by atoms with Crippen LogP contribution in [0.5, 0.6) is 0 Å². The fourth-order valence-corrected chi connectivity index (χ4v) is 2.39. The second-order valence-electron chi connectivity index (χ2n) is 5.21. The van der Waals surface area contributed by atoms with Gasteiger partial charge in [-0.3, -0.25) is 0 Å². The molecule has 0 radical (unpaired) electrons. The van der Waals surface area contributed by atoms with Crippen LogP contribution in [0, 0.1) is 0 Å². The molecule has 2 aromatic heterocycles. The third-order valence-corrected chi connectivity index (χ3v) is 3.54. The van der Waals surface area contributed by atoms with Gasteiger partial charge in [0.1, 0.15) is 5.65 Å². The zero-order valence-corrected chi connectivity index (χ0v) is 11.1. The number of piperazine rings is 1. The predicted molar refractivity (Wildman–Crippen MR) is 74.4 cm³/mol. The molecule has 0 amide bonds. The Bertz CT molecular complexity index is 538. The summed E-state index contributed by atoms with van der Waals surface area (Å²) in [5.74, 6) is 0.479. The molecule has 1 fully saturated rings. The standard InChI is InChI=1S/C14H20N4/c1-11(2)13-10-18-6-3-12(9-14(18)16-13)17-7-4-15-5-8-17/h3,6,9-11,15H,4-5,7-8H2,1-2H3. The molecule has 0 aromatic carbocycles. The lowest BCUT2D eigenvalue weighted by atomic mass is 10.2. The topological polar surface area (TPSA) is 32.6 Å². The number of fused-ring (bicyclic) bond motifs is 1. The Balaban J connectivity index is 1.94. The number of hydrogen-bond acceptors (Lipinski definition) is 3. The van der Waals surface area contributed by atoms with Crippen molar-refractivity contribution in [3.05, 3.63) is 30.2 Å². The van der Waals surface area contributed by atoms with Crippen LogP contribution in [0.4, 0.5) is 5.69 Å². The minimum atomic E-state index is 0.479. The molecule has 1 saturated heterocycles. The highest BCUT2D eigenvalue weighted by molar-refractivity contribution is 5.57. The lowest BCUT2D eigenvalue weighted by Crippen LogP contribution is -2.43. The van der Waals surface area contributed by atoms with Crippen molar-refractivity contribution in [2.75, 3.05) is 31.1 Å². The number of hydrogen-bond donors (Lipinski definition) is 1. The van der Waals surface area contributed by atoms with Gasteiger partial charge in [-0.05, 0) is 12.0 Å². The number of aromatic nitrogens is 2.